The number of aliphatic carboxylic acids is 1. The summed E-state index contributed by atoms with van der Waals surface area (Å²) < 4.78 is 5.27. The Labute approximate surface area is 176 Å². The normalized spacial score (nSPS) is 13.1. The molecule has 1 aliphatic rings. The molecule has 0 amide bonds. The Balaban J connectivity index is 1.65. The van der Waals surface area contributed by atoms with Gasteiger partial charge in [-0.1, -0.05) is 30.0 Å². The predicted octanol–water partition coefficient (Wildman–Crippen LogP) is 5.24. The average Bonchev–Trinajstić information content (AvgIpc) is 3.25. The number of carboxylic acids is 1. The summed E-state index contributed by atoms with van der Waals surface area (Å²) in [6.45, 7) is 0. The Kier molecular flexibility index (Phi) is 5.58. The van der Waals surface area contributed by atoms with Gasteiger partial charge in [-0.15, -0.1) is 10.0 Å². The van der Waals surface area contributed by atoms with Gasteiger partial charge in [-0.25, -0.2) is 0 Å². The molecule has 0 saturated heterocycles. The summed E-state index contributed by atoms with van der Waals surface area (Å²) in [5.74, 6) is -0.176. The van der Waals surface area contributed by atoms with Crippen LogP contribution in [-0.2, 0) is 4.79 Å². The first-order valence-electron chi connectivity index (χ1n) is 9.11. The first-order chi connectivity index (χ1) is 14.6. The Morgan fingerprint density at radius 3 is 2.57 bits per heavy atom. The average molecular weight is 419 g/mol. The summed E-state index contributed by atoms with van der Waals surface area (Å²) in [5, 5.41) is 22.9. The predicted molar refractivity (Wildman–Crippen MR) is 120 cm³/mol. The highest BCUT2D eigenvalue weighted by Crippen LogP contribution is 2.31. The molecule has 0 fully saturated rings. The molecule has 30 heavy (non-hydrogen) atoms. The third-order valence-electron chi connectivity index (χ3n) is 4.70. The van der Waals surface area contributed by atoms with E-state index in [9.17, 15) is 9.70 Å². The number of carbonyl (C=O) groups is 1. The maximum atomic E-state index is 11.3. The lowest BCUT2D eigenvalue weighted by molar-refractivity contribution is -0.133. The molecular weight excluding hydrogens is 402 g/mol. The molecule has 4 rings (SSSR count). The fourth-order valence-electron chi connectivity index (χ4n) is 3.24. The van der Waals surface area contributed by atoms with Crippen molar-refractivity contribution in [2.45, 2.75) is 6.42 Å². The second kappa shape index (κ2) is 8.46. The van der Waals surface area contributed by atoms with Crippen LogP contribution in [0.2, 0.25) is 0 Å². The molecule has 0 saturated carbocycles. The summed E-state index contributed by atoms with van der Waals surface area (Å²) in [5.41, 5.74) is 3.51. The number of nitrogens with zero attached hydrogens (tertiary/aromatic N) is 3. The van der Waals surface area contributed by atoms with Crippen LogP contribution in [0.1, 0.15) is 12.0 Å². The van der Waals surface area contributed by atoms with Crippen molar-refractivity contribution in [1.82, 2.24) is 0 Å². The maximum absolute atomic E-state index is 11.3. The first kappa shape index (κ1) is 19.8. The topological polar surface area (TPSA) is 101 Å². The molecule has 0 aliphatic carbocycles. The Bertz CT molecular complexity index is 1220. The van der Waals surface area contributed by atoms with Gasteiger partial charge in [0.2, 0.25) is 0 Å². The van der Waals surface area contributed by atoms with Crippen LogP contribution in [0.15, 0.2) is 70.0 Å². The highest BCUT2D eigenvalue weighted by atomic mass is 32.2. The van der Waals surface area contributed by atoms with E-state index in [0.29, 0.717) is 22.9 Å². The minimum absolute atomic E-state index is 0.0648. The third kappa shape index (κ3) is 4.23. The second-order valence-corrected chi connectivity index (χ2v) is 7.74. The number of hydrogen-bond acceptors (Lipinski definition) is 7. The highest BCUT2D eigenvalue weighted by molar-refractivity contribution is 8.14. The van der Waals surface area contributed by atoms with Gasteiger partial charge in [0.1, 0.15) is 16.5 Å². The van der Waals surface area contributed by atoms with Crippen molar-refractivity contribution < 1.29 is 14.6 Å². The van der Waals surface area contributed by atoms with Crippen molar-refractivity contribution in [2.24, 2.45) is 15.4 Å². The quantitative estimate of drug-likeness (QED) is 0.551. The van der Waals surface area contributed by atoms with E-state index >= 15 is 0 Å². The van der Waals surface area contributed by atoms with E-state index in [1.165, 1.54) is 0 Å². The molecule has 8 heteroatoms. The van der Waals surface area contributed by atoms with Gasteiger partial charge < -0.3 is 9.84 Å². The van der Waals surface area contributed by atoms with Gasteiger partial charge >= 0.3 is 5.97 Å². The van der Waals surface area contributed by atoms with Crippen molar-refractivity contribution in [3.63, 3.8) is 0 Å². The van der Waals surface area contributed by atoms with E-state index in [4.69, 9.17) is 9.84 Å². The zero-order chi connectivity index (χ0) is 21.1. The molecule has 3 aromatic rings. The Morgan fingerprint density at radius 2 is 1.80 bits per heavy atom. The number of benzene rings is 3. The van der Waals surface area contributed by atoms with E-state index in [-0.39, 0.29) is 5.75 Å². The van der Waals surface area contributed by atoms with Crippen LogP contribution < -0.4 is 4.74 Å². The molecule has 0 radical (unpaired) electrons. The van der Waals surface area contributed by atoms with Gasteiger partial charge in [0, 0.05) is 12.0 Å². The standard InChI is InChI=1S/C22H17N3O4S/c1-29-19-5-4-13-6-14(2-3-15(13)10-19)16-7-17(9-18(8-16)25-28)20-11-21(24-23-20)30-12-22(26)27/h2-10H,11-12H2,1H3,(H,26,27). The summed E-state index contributed by atoms with van der Waals surface area (Å²) in [4.78, 5) is 22.0. The maximum Gasteiger partial charge on any atom is 0.313 e. The van der Waals surface area contributed by atoms with Crippen LogP contribution in [0.3, 0.4) is 0 Å². The molecule has 0 aromatic heterocycles. The zero-order valence-corrected chi connectivity index (χ0v) is 16.8. The summed E-state index contributed by atoms with van der Waals surface area (Å²) >= 11 is 1.15. The number of carboxylic acid groups (broad SMARTS) is 1. The van der Waals surface area contributed by atoms with Crippen LogP contribution in [0.4, 0.5) is 5.69 Å². The molecule has 1 aliphatic heterocycles. The van der Waals surface area contributed by atoms with E-state index in [1.807, 2.05) is 42.5 Å². The van der Waals surface area contributed by atoms with Crippen molar-refractivity contribution in [1.29, 1.82) is 0 Å². The fraction of sp³-hybridized carbons (Fsp3) is 0.136. The molecule has 7 nitrogen and oxygen atoms in total. The molecule has 0 bridgehead atoms. The van der Waals surface area contributed by atoms with Crippen molar-refractivity contribution >= 4 is 44.9 Å². The lowest BCUT2D eigenvalue weighted by Gasteiger charge is -2.09. The van der Waals surface area contributed by atoms with Gasteiger partial charge in [-0.05, 0) is 63.5 Å². The highest BCUT2D eigenvalue weighted by Gasteiger charge is 2.18. The largest absolute Gasteiger partial charge is 0.497 e. The van der Waals surface area contributed by atoms with Crippen LogP contribution in [0.25, 0.3) is 21.9 Å². The molecule has 0 unspecified atom stereocenters. The molecule has 1 N–H and O–H groups in total. The molecule has 3 aromatic carbocycles. The van der Waals surface area contributed by atoms with E-state index < -0.39 is 5.97 Å². The van der Waals surface area contributed by atoms with Gasteiger partial charge in [0.05, 0.1) is 18.6 Å². The first-order valence-corrected chi connectivity index (χ1v) is 10.1. The second-order valence-electron chi connectivity index (χ2n) is 6.69. The minimum atomic E-state index is -0.903. The number of rotatable bonds is 6. The number of fused-ring (bicyclic) bond motifs is 1. The van der Waals surface area contributed by atoms with Crippen LogP contribution in [0, 0.1) is 4.91 Å². The monoisotopic (exact) mass is 419 g/mol. The van der Waals surface area contributed by atoms with E-state index in [0.717, 1.165) is 45.0 Å². The number of thioether (sulfide) groups is 1. The van der Waals surface area contributed by atoms with Crippen molar-refractivity contribution in [3.8, 4) is 16.9 Å². The molecule has 1 heterocycles. The molecular formula is C22H17N3O4S. The molecule has 150 valence electrons. The third-order valence-corrected chi connectivity index (χ3v) is 5.65. The van der Waals surface area contributed by atoms with Crippen molar-refractivity contribution in [3.05, 3.63) is 65.1 Å². The lowest BCUT2D eigenvalue weighted by atomic mass is 9.97. The Morgan fingerprint density at radius 1 is 1.03 bits per heavy atom. The van der Waals surface area contributed by atoms with Gasteiger partial charge in [0.15, 0.2) is 0 Å². The smallest absolute Gasteiger partial charge is 0.313 e. The van der Waals surface area contributed by atoms with Gasteiger partial charge in [-0.2, -0.15) is 5.10 Å². The lowest BCUT2D eigenvalue weighted by Crippen LogP contribution is -2.05. The minimum Gasteiger partial charge on any atom is -0.497 e. The van der Waals surface area contributed by atoms with E-state index in [1.54, 1.807) is 19.2 Å². The number of ether oxygens (including phenoxy) is 1. The zero-order valence-electron chi connectivity index (χ0n) is 16.0. The van der Waals surface area contributed by atoms with Crippen LogP contribution in [0.5, 0.6) is 5.75 Å². The van der Waals surface area contributed by atoms with Crippen LogP contribution in [-0.4, -0.2) is 34.7 Å². The number of methoxy groups -OCH3 is 1. The summed E-state index contributed by atoms with van der Waals surface area (Å²) in [6, 6.07) is 17.2. The number of nitroso groups, excluding NO2 is 1. The SMILES string of the molecule is COc1ccc2cc(-c3cc(N=O)cc(C4=NN=C(SCC(=O)O)C4)c3)ccc2c1. The van der Waals surface area contributed by atoms with E-state index in [2.05, 4.69) is 15.4 Å². The van der Waals surface area contributed by atoms with Gasteiger partial charge in [0.25, 0.3) is 0 Å². The van der Waals surface area contributed by atoms with Crippen molar-refractivity contribution in [2.75, 3.05) is 12.9 Å². The summed E-state index contributed by atoms with van der Waals surface area (Å²) in [6.07, 6.45) is 0.428. The summed E-state index contributed by atoms with van der Waals surface area (Å²) in [7, 11) is 1.63. The Hall–Kier alpha value is -3.52. The van der Waals surface area contributed by atoms with Crippen LogP contribution >= 0.6 is 11.8 Å². The number of hydrogen-bond donors (Lipinski definition) is 1. The molecule has 0 atom stereocenters. The fourth-order valence-corrected chi connectivity index (χ4v) is 3.87. The van der Waals surface area contributed by atoms with Gasteiger partial charge in [-0.3, -0.25) is 4.79 Å². The molecule has 0 spiro atoms.